The summed E-state index contributed by atoms with van der Waals surface area (Å²) in [4.78, 5) is 19.3. The third-order valence-electron chi connectivity index (χ3n) is 2.25. The molecule has 0 saturated heterocycles. The Labute approximate surface area is 107 Å². The number of ether oxygens (including phenoxy) is 2. The summed E-state index contributed by atoms with van der Waals surface area (Å²) in [6, 6.07) is 0. The highest BCUT2D eigenvalue weighted by molar-refractivity contribution is 5.70. The van der Waals surface area contributed by atoms with Crippen molar-refractivity contribution in [2.75, 3.05) is 25.1 Å². The van der Waals surface area contributed by atoms with Crippen molar-refractivity contribution >= 4 is 11.8 Å². The molecule has 0 aromatic carbocycles. The smallest absolute Gasteiger partial charge is 0.307 e. The zero-order valence-corrected chi connectivity index (χ0v) is 11.0. The first-order valence-corrected chi connectivity index (χ1v) is 6.02. The maximum absolute atomic E-state index is 11.2. The van der Waals surface area contributed by atoms with Crippen molar-refractivity contribution in [3.05, 3.63) is 11.9 Å². The second-order valence-electron chi connectivity index (χ2n) is 3.57. The lowest BCUT2D eigenvalue weighted by Gasteiger charge is -2.10. The predicted molar refractivity (Wildman–Crippen MR) is 67.7 cm³/mol. The first-order valence-electron chi connectivity index (χ1n) is 6.02. The second-order valence-corrected chi connectivity index (χ2v) is 3.57. The number of anilines is 1. The topological polar surface area (TPSA) is 73.3 Å². The van der Waals surface area contributed by atoms with Crippen molar-refractivity contribution in [2.24, 2.45) is 0 Å². The van der Waals surface area contributed by atoms with Crippen LogP contribution in [0.1, 0.15) is 25.8 Å². The highest BCUT2D eigenvalue weighted by Crippen LogP contribution is 2.19. The van der Waals surface area contributed by atoms with Crippen LogP contribution < -0.4 is 10.1 Å². The Morgan fingerprint density at radius 2 is 2.11 bits per heavy atom. The normalized spacial score (nSPS) is 9.94. The lowest BCUT2D eigenvalue weighted by Crippen LogP contribution is -2.13. The van der Waals surface area contributed by atoms with Crippen LogP contribution in [0, 0.1) is 6.92 Å². The molecule has 1 N–H and O–H groups in total. The van der Waals surface area contributed by atoms with Gasteiger partial charge in [-0.3, -0.25) is 4.79 Å². The molecule has 0 aliphatic carbocycles. The Kier molecular flexibility index (Phi) is 5.90. The lowest BCUT2D eigenvalue weighted by molar-refractivity contribution is -0.142. The van der Waals surface area contributed by atoms with Crippen molar-refractivity contribution in [2.45, 2.75) is 27.2 Å². The average molecular weight is 253 g/mol. The first kappa shape index (κ1) is 14.2. The van der Waals surface area contributed by atoms with Gasteiger partial charge in [-0.15, -0.1) is 0 Å². The molecule has 0 bridgehead atoms. The Hall–Kier alpha value is -1.85. The van der Waals surface area contributed by atoms with E-state index >= 15 is 0 Å². The Morgan fingerprint density at radius 3 is 2.78 bits per heavy atom. The van der Waals surface area contributed by atoms with Gasteiger partial charge in [0.2, 0.25) is 5.88 Å². The van der Waals surface area contributed by atoms with Gasteiger partial charge in [0.1, 0.15) is 12.1 Å². The summed E-state index contributed by atoms with van der Waals surface area (Å²) in [5.41, 5.74) is 0.836. The van der Waals surface area contributed by atoms with Gasteiger partial charge in [-0.05, 0) is 20.8 Å². The summed E-state index contributed by atoms with van der Waals surface area (Å²) in [6.07, 6.45) is 1.74. The molecule has 1 aromatic rings. The highest BCUT2D eigenvalue weighted by Gasteiger charge is 2.08. The molecule has 100 valence electrons. The van der Waals surface area contributed by atoms with E-state index in [1.54, 1.807) is 6.92 Å². The third-order valence-corrected chi connectivity index (χ3v) is 2.25. The SMILES string of the molecule is CCOC(=O)CCNc1ncnc(OCC)c1C. The summed E-state index contributed by atoms with van der Waals surface area (Å²) in [7, 11) is 0. The summed E-state index contributed by atoms with van der Waals surface area (Å²) in [6.45, 7) is 6.99. The maximum Gasteiger partial charge on any atom is 0.307 e. The molecule has 0 atom stereocenters. The van der Waals surface area contributed by atoms with Crippen LogP contribution >= 0.6 is 0 Å². The Morgan fingerprint density at radius 1 is 1.33 bits per heavy atom. The summed E-state index contributed by atoms with van der Waals surface area (Å²) >= 11 is 0. The molecule has 0 aliphatic rings. The van der Waals surface area contributed by atoms with E-state index in [9.17, 15) is 4.79 Å². The van der Waals surface area contributed by atoms with Crippen LogP contribution in [-0.2, 0) is 9.53 Å². The minimum absolute atomic E-state index is 0.221. The summed E-state index contributed by atoms with van der Waals surface area (Å²) in [5.74, 6) is 1.02. The fraction of sp³-hybridized carbons (Fsp3) is 0.583. The van der Waals surface area contributed by atoms with Crippen LogP contribution in [-0.4, -0.2) is 35.7 Å². The van der Waals surface area contributed by atoms with Gasteiger partial charge in [0, 0.05) is 6.54 Å². The number of rotatable bonds is 7. The molecule has 0 unspecified atom stereocenters. The van der Waals surface area contributed by atoms with Crippen LogP contribution in [0.5, 0.6) is 5.88 Å². The summed E-state index contributed by atoms with van der Waals surface area (Å²) < 4.78 is 10.2. The molecule has 1 aromatic heterocycles. The zero-order chi connectivity index (χ0) is 13.4. The van der Waals surface area contributed by atoms with Gasteiger partial charge in [0.15, 0.2) is 0 Å². The molecule has 0 fully saturated rings. The molecule has 1 heterocycles. The van der Waals surface area contributed by atoms with E-state index in [-0.39, 0.29) is 5.97 Å². The number of nitrogens with one attached hydrogen (secondary N) is 1. The predicted octanol–water partition coefficient (Wildman–Crippen LogP) is 1.55. The molecular weight excluding hydrogens is 234 g/mol. The lowest BCUT2D eigenvalue weighted by atomic mass is 10.3. The number of carbonyl (C=O) groups is 1. The standard InChI is InChI=1S/C12H19N3O3/c1-4-17-10(16)6-7-13-11-9(3)12(18-5-2)15-8-14-11/h8H,4-7H2,1-3H3,(H,13,14,15). The molecule has 0 saturated carbocycles. The van der Waals surface area contributed by atoms with Crippen molar-refractivity contribution in [3.63, 3.8) is 0 Å². The molecule has 18 heavy (non-hydrogen) atoms. The fourth-order valence-electron chi connectivity index (χ4n) is 1.41. The molecule has 6 heteroatoms. The molecule has 0 amide bonds. The van der Waals surface area contributed by atoms with E-state index in [2.05, 4.69) is 15.3 Å². The van der Waals surface area contributed by atoms with Gasteiger partial charge in [0.05, 0.1) is 25.2 Å². The van der Waals surface area contributed by atoms with Crippen LogP contribution in [0.15, 0.2) is 6.33 Å². The zero-order valence-electron chi connectivity index (χ0n) is 11.0. The van der Waals surface area contributed by atoms with E-state index < -0.39 is 0 Å². The average Bonchev–Trinajstić information content (AvgIpc) is 2.34. The van der Waals surface area contributed by atoms with Gasteiger partial charge in [-0.2, -0.15) is 0 Å². The van der Waals surface area contributed by atoms with E-state index in [0.29, 0.717) is 37.9 Å². The van der Waals surface area contributed by atoms with Gasteiger partial charge < -0.3 is 14.8 Å². The molecular formula is C12H19N3O3. The number of hydrogen-bond donors (Lipinski definition) is 1. The fourth-order valence-corrected chi connectivity index (χ4v) is 1.41. The molecule has 0 spiro atoms. The minimum Gasteiger partial charge on any atom is -0.478 e. The quantitative estimate of drug-likeness (QED) is 0.743. The number of esters is 1. The maximum atomic E-state index is 11.2. The van der Waals surface area contributed by atoms with E-state index in [4.69, 9.17) is 9.47 Å². The van der Waals surface area contributed by atoms with Crippen molar-refractivity contribution in [3.8, 4) is 5.88 Å². The number of nitrogens with zero attached hydrogens (tertiary/aromatic N) is 2. The van der Waals surface area contributed by atoms with Crippen molar-refractivity contribution in [1.29, 1.82) is 0 Å². The Bertz CT molecular complexity index is 396. The third kappa shape index (κ3) is 4.20. The van der Waals surface area contributed by atoms with Crippen LogP contribution in [0.3, 0.4) is 0 Å². The van der Waals surface area contributed by atoms with Gasteiger partial charge in [-0.25, -0.2) is 9.97 Å². The van der Waals surface area contributed by atoms with E-state index in [1.807, 2.05) is 13.8 Å². The van der Waals surface area contributed by atoms with Crippen LogP contribution in [0.2, 0.25) is 0 Å². The molecule has 1 rings (SSSR count). The monoisotopic (exact) mass is 253 g/mol. The van der Waals surface area contributed by atoms with E-state index in [1.165, 1.54) is 6.33 Å². The van der Waals surface area contributed by atoms with E-state index in [0.717, 1.165) is 5.56 Å². The van der Waals surface area contributed by atoms with Crippen LogP contribution in [0.25, 0.3) is 0 Å². The minimum atomic E-state index is -0.221. The molecule has 6 nitrogen and oxygen atoms in total. The molecule has 0 radical (unpaired) electrons. The molecule has 0 aliphatic heterocycles. The van der Waals surface area contributed by atoms with Gasteiger partial charge in [-0.1, -0.05) is 0 Å². The highest BCUT2D eigenvalue weighted by atomic mass is 16.5. The second kappa shape index (κ2) is 7.47. The summed E-state index contributed by atoms with van der Waals surface area (Å²) in [5, 5.41) is 3.07. The number of hydrogen-bond acceptors (Lipinski definition) is 6. The first-order chi connectivity index (χ1) is 8.69. The number of aromatic nitrogens is 2. The van der Waals surface area contributed by atoms with Gasteiger partial charge in [0.25, 0.3) is 0 Å². The van der Waals surface area contributed by atoms with Gasteiger partial charge >= 0.3 is 5.97 Å². The van der Waals surface area contributed by atoms with Crippen molar-refractivity contribution < 1.29 is 14.3 Å². The number of carbonyl (C=O) groups excluding carboxylic acids is 1. The largest absolute Gasteiger partial charge is 0.478 e. The van der Waals surface area contributed by atoms with Crippen LogP contribution in [0.4, 0.5) is 5.82 Å². The van der Waals surface area contributed by atoms with Crippen molar-refractivity contribution in [1.82, 2.24) is 9.97 Å². The Balaban J connectivity index is 2.52.